The molecular formula is C27H19N5O2. The van der Waals surface area contributed by atoms with Crippen molar-refractivity contribution in [3.8, 4) is 39.8 Å². The third kappa shape index (κ3) is 3.64. The molecule has 3 heterocycles. The van der Waals surface area contributed by atoms with Crippen LogP contribution in [0.3, 0.4) is 0 Å². The molecule has 3 aromatic carbocycles. The van der Waals surface area contributed by atoms with E-state index in [4.69, 9.17) is 4.52 Å². The Morgan fingerprint density at radius 3 is 2.47 bits per heavy atom. The zero-order valence-corrected chi connectivity index (χ0v) is 18.0. The van der Waals surface area contributed by atoms with E-state index in [9.17, 15) is 5.11 Å². The molecule has 0 unspecified atom stereocenters. The lowest BCUT2D eigenvalue weighted by Gasteiger charge is -2.04. The summed E-state index contributed by atoms with van der Waals surface area (Å²) in [6, 6.07) is 27.4. The van der Waals surface area contributed by atoms with E-state index in [2.05, 4.69) is 20.1 Å². The summed E-state index contributed by atoms with van der Waals surface area (Å²) in [6.07, 6.45) is 3.55. The third-order valence-corrected chi connectivity index (χ3v) is 5.70. The van der Waals surface area contributed by atoms with Crippen LogP contribution in [0.4, 0.5) is 0 Å². The van der Waals surface area contributed by atoms with Gasteiger partial charge in [0.1, 0.15) is 6.33 Å². The fourth-order valence-electron chi connectivity index (χ4n) is 3.91. The Bertz CT molecular complexity index is 1580. The standard InChI is InChI=1S/C27H19N5O2/c33-16-18-4-3-5-20(14-18)23-13-10-21(15-28-23)26-30-27(34-31-26)19-8-11-22(12-9-19)32-17-29-24-6-1-2-7-25(24)32/h1-15,17,33H,16H2. The van der Waals surface area contributed by atoms with Crippen molar-refractivity contribution in [3.63, 3.8) is 0 Å². The van der Waals surface area contributed by atoms with Crippen LogP contribution in [0.25, 0.3) is 50.8 Å². The summed E-state index contributed by atoms with van der Waals surface area (Å²) in [7, 11) is 0. The molecule has 7 nitrogen and oxygen atoms in total. The van der Waals surface area contributed by atoms with E-state index in [-0.39, 0.29) is 6.61 Å². The quantitative estimate of drug-likeness (QED) is 0.387. The number of nitrogens with zero attached hydrogens (tertiary/aromatic N) is 5. The first-order chi connectivity index (χ1) is 16.8. The van der Waals surface area contributed by atoms with Crippen molar-refractivity contribution >= 4 is 11.0 Å². The summed E-state index contributed by atoms with van der Waals surface area (Å²) in [6.45, 7) is -0.00253. The van der Waals surface area contributed by atoms with Gasteiger partial charge in [-0.25, -0.2) is 4.98 Å². The van der Waals surface area contributed by atoms with Gasteiger partial charge in [-0.15, -0.1) is 0 Å². The van der Waals surface area contributed by atoms with Gasteiger partial charge < -0.3 is 9.63 Å². The SMILES string of the molecule is OCc1cccc(-c2ccc(-c3noc(-c4ccc(-n5cnc6ccccc65)cc4)n3)cn2)c1. The van der Waals surface area contributed by atoms with Gasteiger partial charge in [0.05, 0.1) is 23.3 Å². The molecule has 0 aliphatic carbocycles. The number of hydrogen-bond donors (Lipinski definition) is 1. The van der Waals surface area contributed by atoms with E-state index in [1.165, 1.54) is 0 Å². The van der Waals surface area contributed by atoms with E-state index in [1.54, 1.807) is 6.20 Å². The number of rotatable bonds is 5. The zero-order chi connectivity index (χ0) is 22.9. The second kappa shape index (κ2) is 8.38. The summed E-state index contributed by atoms with van der Waals surface area (Å²) in [4.78, 5) is 13.5. The Morgan fingerprint density at radius 1 is 0.794 bits per heavy atom. The van der Waals surface area contributed by atoms with Crippen LogP contribution in [0.15, 0.2) is 102 Å². The number of benzene rings is 3. The van der Waals surface area contributed by atoms with Crippen LogP contribution < -0.4 is 0 Å². The minimum absolute atomic E-state index is 0.00253. The molecule has 0 aliphatic rings. The molecule has 0 radical (unpaired) electrons. The molecule has 0 saturated heterocycles. The zero-order valence-electron chi connectivity index (χ0n) is 18.0. The highest BCUT2D eigenvalue weighted by Crippen LogP contribution is 2.26. The highest BCUT2D eigenvalue weighted by Gasteiger charge is 2.12. The lowest BCUT2D eigenvalue weighted by atomic mass is 10.1. The number of aromatic nitrogens is 5. The molecular weight excluding hydrogens is 426 g/mol. The van der Waals surface area contributed by atoms with Crippen molar-refractivity contribution in [1.82, 2.24) is 24.7 Å². The van der Waals surface area contributed by atoms with Crippen LogP contribution in [0, 0.1) is 0 Å². The van der Waals surface area contributed by atoms with Gasteiger partial charge in [-0.05, 0) is 60.2 Å². The second-order valence-corrected chi connectivity index (χ2v) is 7.86. The molecule has 0 saturated carbocycles. The number of para-hydroxylation sites is 2. The van der Waals surface area contributed by atoms with Crippen LogP contribution in [0.5, 0.6) is 0 Å². The van der Waals surface area contributed by atoms with Crippen molar-refractivity contribution in [2.75, 3.05) is 0 Å². The number of pyridine rings is 1. The van der Waals surface area contributed by atoms with Crippen LogP contribution in [0.2, 0.25) is 0 Å². The van der Waals surface area contributed by atoms with E-state index in [0.29, 0.717) is 11.7 Å². The minimum atomic E-state index is -0.00253. The van der Waals surface area contributed by atoms with Crippen LogP contribution >= 0.6 is 0 Å². The van der Waals surface area contributed by atoms with Gasteiger partial charge in [0, 0.05) is 28.6 Å². The summed E-state index contributed by atoms with van der Waals surface area (Å²) in [5, 5.41) is 13.5. The number of aliphatic hydroxyl groups is 1. The second-order valence-electron chi connectivity index (χ2n) is 7.86. The number of fused-ring (bicyclic) bond motifs is 1. The molecule has 0 aliphatic heterocycles. The van der Waals surface area contributed by atoms with Crippen molar-refractivity contribution in [3.05, 3.63) is 103 Å². The lowest BCUT2D eigenvalue weighted by molar-refractivity contribution is 0.282. The fourth-order valence-corrected chi connectivity index (χ4v) is 3.91. The maximum atomic E-state index is 9.35. The van der Waals surface area contributed by atoms with Crippen molar-refractivity contribution in [1.29, 1.82) is 0 Å². The summed E-state index contributed by atoms with van der Waals surface area (Å²) < 4.78 is 7.56. The molecule has 0 amide bonds. The Hall–Kier alpha value is -4.62. The van der Waals surface area contributed by atoms with Gasteiger partial charge in [-0.1, -0.05) is 35.5 Å². The molecule has 0 atom stereocenters. The maximum Gasteiger partial charge on any atom is 0.258 e. The van der Waals surface area contributed by atoms with E-state index >= 15 is 0 Å². The average Bonchev–Trinajstić information content (AvgIpc) is 3.57. The highest BCUT2D eigenvalue weighted by molar-refractivity contribution is 5.77. The van der Waals surface area contributed by atoms with E-state index < -0.39 is 0 Å². The van der Waals surface area contributed by atoms with Crippen LogP contribution in [0.1, 0.15) is 5.56 Å². The predicted molar refractivity (Wildman–Crippen MR) is 129 cm³/mol. The van der Waals surface area contributed by atoms with Crippen molar-refractivity contribution in [2.24, 2.45) is 0 Å². The van der Waals surface area contributed by atoms with Gasteiger partial charge in [0.15, 0.2) is 0 Å². The fraction of sp³-hybridized carbons (Fsp3) is 0.0370. The number of imidazole rings is 1. The first-order valence-corrected chi connectivity index (χ1v) is 10.8. The Morgan fingerprint density at radius 2 is 1.65 bits per heavy atom. The van der Waals surface area contributed by atoms with Gasteiger partial charge in [-0.3, -0.25) is 9.55 Å². The average molecular weight is 445 g/mol. The molecule has 0 bridgehead atoms. The molecule has 3 aromatic heterocycles. The molecule has 164 valence electrons. The summed E-state index contributed by atoms with van der Waals surface area (Å²) >= 11 is 0. The molecule has 1 N–H and O–H groups in total. The Balaban J connectivity index is 1.24. The third-order valence-electron chi connectivity index (χ3n) is 5.70. The van der Waals surface area contributed by atoms with Crippen molar-refractivity contribution in [2.45, 2.75) is 6.61 Å². The van der Waals surface area contributed by atoms with E-state index in [1.807, 2.05) is 95.8 Å². The normalized spacial score (nSPS) is 11.2. The molecule has 34 heavy (non-hydrogen) atoms. The monoisotopic (exact) mass is 445 g/mol. The van der Waals surface area contributed by atoms with Crippen LogP contribution in [-0.2, 0) is 6.61 Å². The largest absolute Gasteiger partial charge is 0.392 e. The highest BCUT2D eigenvalue weighted by atomic mass is 16.5. The van der Waals surface area contributed by atoms with Gasteiger partial charge in [0.2, 0.25) is 5.82 Å². The molecule has 7 heteroatoms. The number of aliphatic hydroxyl groups excluding tert-OH is 1. The lowest BCUT2D eigenvalue weighted by Crippen LogP contribution is -1.91. The Kier molecular flexibility index (Phi) is 4.94. The topological polar surface area (TPSA) is 89.9 Å². The molecule has 0 fully saturated rings. The predicted octanol–water partition coefficient (Wildman–Crippen LogP) is 5.30. The van der Waals surface area contributed by atoms with Gasteiger partial charge >= 0.3 is 0 Å². The first-order valence-electron chi connectivity index (χ1n) is 10.8. The molecule has 6 aromatic rings. The Labute approximate surface area is 195 Å². The molecule has 6 rings (SSSR count). The minimum Gasteiger partial charge on any atom is -0.392 e. The summed E-state index contributed by atoms with van der Waals surface area (Å²) in [5.41, 5.74) is 7.20. The van der Waals surface area contributed by atoms with Gasteiger partial charge in [0.25, 0.3) is 5.89 Å². The molecule has 0 spiro atoms. The van der Waals surface area contributed by atoms with E-state index in [0.717, 1.165) is 44.7 Å². The maximum absolute atomic E-state index is 9.35. The van der Waals surface area contributed by atoms with Crippen molar-refractivity contribution < 1.29 is 9.63 Å². The van der Waals surface area contributed by atoms with Gasteiger partial charge in [-0.2, -0.15) is 4.98 Å². The van der Waals surface area contributed by atoms with Crippen LogP contribution in [-0.4, -0.2) is 29.8 Å². The first kappa shape index (κ1) is 20.0. The smallest absolute Gasteiger partial charge is 0.258 e. The summed E-state index contributed by atoms with van der Waals surface area (Å²) in [5.74, 6) is 0.916. The number of hydrogen-bond acceptors (Lipinski definition) is 6.